The van der Waals surface area contributed by atoms with Crippen LogP contribution in [0, 0.1) is 0 Å². The van der Waals surface area contributed by atoms with E-state index in [1.54, 1.807) is 18.2 Å². The molecule has 9 heteroatoms. The Morgan fingerprint density at radius 3 is 2.65 bits per heavy atom. The third-order valence-electron chi connectivity index (χ3n) is 5.22. The summed E-state index contributed by atoms with van der Waals surface area (Å²) in [7, 11) is 0. The monoisotopic (exact) mass is 422 g/mol. The quantitative estimate of drug-likeness (QED) is 0.568. The number of carbonyl (C=O) groups is 4. The predicted molar refractivity (Wildman–Crippen MR) is 111 cm³/mol. The Hall–Kier alpha value is -3.72. The summed E-state index contributed by atoms with van der Waals surface area (Å²) in [4.78, 5) is 50.1. The zero-order valence-corrected chi connectivity index (χ0v) is 16.7. The van der Waals surface area contributed by atoms with E-state index in [9.17, 15) is 19.2 Å². The Labute approximate surface area is 178 Å². The summed E-state index contributed by atoms with van der Waals surface area (Å²) in [6.07, 6.45) is 0.222. The van der Waals surface area contributed by atoms with Crippen LogP contribution >= 0.6 is 0 Å². The van der Waals surface area contributed by atoms with Gasteiger partial charge >= 0.3 is 0 Å². The molecule has 1 fully saturated rings. The molecule has 0 bridgehead atoms. The van der Waals surface area contributed by atoms with Gasteiger partial charge in [-0.2, -0.15) is 0 Å². The van der Waals surface area contributed by atoms with Crippen LogP contribution in [0.25, 0.3) is 0 Å². The molecule has 2 aromatic rings. The van der Waals surface area contributed by atoms with E-state index in [0.29, 0.717) is 25.4 Å². The number of ether oxygens (including phenoxy) is 1. The Balaban J connectivity index is 1.47. The summed E-state index contributed by atoms with van der Waals surface area (Å²) in [6, 6.07) is 11.5. The summed E-state index contributed by atoms with van der Waals surface area (Å²) < 4.78 is 5.51. The van der Waals surface area contributed by atoms with Crippen LogP contribution in [0.3, 0.4) is 0 Å². The zero-order chi connectivity index (χ0) is 22.0. The number of benzene rings is 2. The van der Waals surface area contributed by atoms with Gasteiger partial charge in [-0.15, -0.1) is 0 Å². The number of fused-ring (bicyclic) bond motifs is 1. The maximum Gasteiger partial charge on any atom is 0.262 e. The van der Waals surface area contributed by atoms with E-state index in [1.165, 1.54) is 0 Å². The summed E-state index contributed by atoms with van der Waals surface area (Å²) >= 11 is 0. The summed E-state index contributed by atoms with van der Waals surface area (Å²) in [5, 5.41) is 5.45. The van der Waals surface area contributed by atoms with Gasteiger partial charge in [-0.05, 0) is 36.2 Å². The van der Waals surface area contributed by atoms with Gasteiger partial charge < -0.3 is 15.8 Å². The molecule has 4 rings (SSSR count). The van der Waals surface area contributed by atoms with Gasteiger partial charge in [0.05, 0.1) is 11.1 Å². The van der Waals surface area contributed by atoms with Crippen molar-refractivity contribution in [2.24, 2.45) is 5.73 Å². The molecule has 1 unspecified atom stereocenters. The molecule has 0 saturated carbocycles. The summed E-state index contributed by atoms with van der Waals surface area (Å²) in [6.45, 7) is 1.27. The van der Waals surface area contributed by atoms with E-state index in [1.807, 2.05) is 24.3 Å². The first kappa shape index (κ1) is 20.5. The number of nitrogens with one attached hydrogen (secondary N) is 2. The molecule has 2 aliphatic heterocycles. The van der Waals surface area contributed by atoms with Crippen LogP contribution in [0.1, 0.15) is 39.1 Å². The zero-order valence-electron chi connectivity index (χ0n) is 16.7. The highest BCUT2D eigenvalue weighted by molar-refractivity contribution is 6.23. The molecule has 2 heterocycles. The van der Waals surface area contributed by atoms with Crippen molar-refractivity contribution in [1.29, 1.82) is 0 Å². The highest BCUT2D eigenvalue weighted by Crippen LogP contribution is 2.28. The van der Waals surface area contributed by atoms with Crippen LogP contribution in [0.15, 0.2) is 42.5 Å². The number of amides is 4. The lowest BCUT2D eigenvalue weighted by Crippen LogP contribution is -2.54. The average molecular weight is 422 g/mol. The molecule has 9 nitrogen and oxygen atoms in total. The molecule has 4 N–H and O–H groups in total. The molecular formula is C22H22N4O5. The van der Waals surface area contributed by atoms with Gasteiger partial charge in [0.1, 0.15) is 18.4 Å². The smallest absolute Gasteiger partial charge is 0.262 e. The van der Waals surface area contributed by atoms with Crippen molar-refractivity contribution in [3.8, 4) is 5.75 Å². The van der Waals surface area contributed by atoms with Crippen molar-refractivity contribution in [1.82, 2.24) is 10.2 Å². The van der Waals surface area contributed by atoms with Crippen LogP contribution in [-0.4, -0.2) is 47.7 Å². The average Bonchev–Trinajstić information content (AvgIpc) is 3.01. The number of nitrogens with two attached hydrogens (primary N) is 1. The fourth-order valence-corrected chi connectivity index (χ4v) is 3.70. The third-order valence-corrected chi connectivity index (χ3v) is 5.22. The van der Waals surface area contributed by atoms with Gasteiger partial charge in [0.25, 0.3) is 11.8 Å². The second kappa shape index (κ2) is 8.57. The van der Waals surface area contributed by atoms with Gasteiger partial charge in [-0.25, -0.2) is 0 Å². The topological polar surface area (TPSA) is 131 Å². The van der Waals surface area contributed by atoms with Crippen LogP contribution in [0.4, 0.5) is 5.69 Å². The fraction of sp³-hybridized carbons (Fsp3) is 0.273. The number of piperidine rings is 1. The van der Waals surface area contributed by atoms with Gasteiger partial charge in [0.2, 0.25) is 11.8 Å². The lowest BCUT2D eigenvalue weighted by atomic mass is 10.0. The minimum atomic E-state index is -0.970. The number of hydrogen-bond acceptors (Lipinski definition) is 7. The number of hydrogen-bond donors (Lipinski definition) is 3. The number of nitrogens with zero attached hydrogens (tertiary/aromatic N) is 1. The molecule has 2 aromatic carbocycles. The van der Waals surface area contributed by atoms with Crippen LogP contribution < -0.4 is 21.1 Å². The minimum absolute atomic E-state index is 0.0903. The van der Waals surface area contributed by atoms with Crippen molar-refractivity contribution in [2.75, 3.05) is 18.5 Å². The van der Waals surface area contributed by atoms with Crippen molar-refractivity contribution in [3.63, 3.8) is 0 Å². The lowest BCUT2D eigenvalue weighted by Gasteiger charge is -2.27. The molecule has 160 valence electrons. The van der Waals surface area contributed by atoms with E-state index in [-0.39, 0.29) is 24.0 Å². The first-order valence-electron chi connectivity index (χ1n) is 9.99. The fourth-order valence-electron chi connectivity index (χ4n) is 3.70. The van der Waals surface area contributed by atoms with Gasteiger partial charge in [-0.1, -0.05) is 12.1 Å². The molecule has 0 aromatic heterocycles. The predicted octanol–water partition coefficient (Wildman–Crippen LogP) is 1.04. The van der Waals surface area contributed by atoms with Crippen LogP contribution in [-0.2, 0) is 16.1 Å². The number of anilines is 1. The Morgan fingerprint density at radius 1 is 1.06 bits per heavy atom. The maximum atomic E-state index is 12.9. The van der Waals surface area contributed by atoms with Gasteiger partial charge in [-0.3, -0.25) is 29.4 Å². The van der Waals surface area contributed by atoms with E-state index in [4.69, 9.17) is 10.5 Å². The molecule has 4 amide bonds. The molecule has 1 atom stereocenters. The number of rotatable bonds is 7. The summed E-state index contributed by atoms with van der Waals surface area (Å²) in [5.74, 6) is -1.36. The Kier molecular flexibility index (Phi) is 5.68. The standard InChI is InChI=1S/C22H22N4O5/c23-8-9-31-15-3-1-2-14(11-15)24-12-13-4-5-16-17(10-13)22(30)26(21(16)29)18-6-7-19(27)25-20(18)28/h1-5,10-11,18,24H,6-9,12,23H2,(H,25,27,28). The second-order valence-corrected chi connectivity index (χ2v) is 7.35. The summed E-state index contributed by atoms with van der Waals surface area (Å²) in [5.41, 5.74) is 7.61. The largest absolute Gasteiger partial charge is 0.492 e. The normalized spacial score (nSPS) is 18.1. The van der Waals surface area contributed by atoms with Gasteiger partial charge in [0, 0.05) is 31.3 Å². The first-order valence-corrected chi connectivity index (χ1v) is 9.99. The molecule has 2 aliphatic rings. The van der Waals surface area contributed by atoms with E-state index >= 15 is 0 Å². The SMILES string of the molecule is NCCOc1cccc(NCc2ccc3c(c2)C(=O)N(C2CCC(=O)NC2=O)C3=O)c1. The van der Waals surface area contributed by atoms with Crippen LogP contribution in [0.5, 0.6) is 5.75 Å². The molecule has 0 spiro atoms. The molecule has 1 saturated heterocycles. The lowest BCUT2D eigenvalue weighted by molar-refractivity contribution is -0.136. The highest BCUT2D eigenvalue weighted by atomic mass is 16.5. The number of carbonyl (C=O) groups excluding carboxylic acids is 4. The van der Waals surface area contributed by atoms with Crippen molar-refractivity contribution in [2.45, 2.75) is 25.4 Å². The molecule has 31 heavy (non-hydrogen) atoms. The first-order chi connectivity index (χ1) is 15.0. The van der Waals surface area contributed by atoms with Crippen molar-refractivity contribution >= 4 is 29.3 Å². The molecule has 0 radical (unpaired) electrons. The molecule has 0 aliphatic carbocycles. The third kappa shape index (κ3) is 4.13. The highest BCUT2D eigenvalue weighted by Gasteiger charge is 2.44. The maximum absolute atomic E-state index is 12.9. The van der Waals surface area contributed by atoms with E-state index < -0.39 is 29.7 Å². The van der Waals surface area contributed by atoms with Crippen molar-refractivity contribution < 1.29 is 23.9 Å². The Morgan fingerprint density at radius 2 is 1.87 bits per heavy atom. The van der Waals surface area contributed by atoms with Crippen molar-refractivity contribution in [3.05, 3.63) is 59.2 Å². The van der Waals surface area contributed by atoms with E-state index in [2.05, 4.69) is 10.6 Å². The van der Waals surface area contributed by atoms with Crippen LogP contribution in [0.2, 0.25) is 0 Å². The molecular weight excluding hydrogens is 400 g/mol. The van der Waals surface area contributed by atoms with E-state index in [0.717, 1.165) is 16.2 Å². The minimum Gasteiger partial charge on any atom is -0.492 e. The van der Waals surface area contributed by atoms with Gasteiger partial charge in [0.15, 0.2) is 0 Å². The second-order valence-electron chi connectivity index (χ2n) is 7.35. The number of imide groups is 2. The Bertz CT molecular complexity index is 1070.